The molecule has 0 nitrogen and oxygen atoms in total. The van der Waals surface area contributed by atoms with Gasteiger partial charge < -0.3 is 0 Å². The number of rotatable bonds is 1. The minimum Gasteiger partial charge on any atom is -0.0992 e. The second-order valence-electron chi connectivity index (χ2n) is 4.22. The second-order valence-corrected chi connectivity index (χ2v) is 4.22. The summed E-state index contributed by atoms with van der Waals surface area (Å²) in [5.74, 6) is 0.624. The van der Waals surface area contributed by atoms with Crippen molar-refractivity contribution in [2.45, 2.75) is 38.0 Å². The lowest BCUT2D eigenvalue weighted by Gasteiger charge is -2.16. The lowest BCUT2D eigenvalue weighted by atomic mass is 9.88. The average molecular weight is 186 g/mol. The molecule has 0 aromatic heterocycles. The highest BCUT2D eigenvalue weighted by molar-refractivity contribution is 5.27. The molecule has 0 radical (unpaired) electrons. The molecule has 1 aromatic rings. The van der Waals surface area contributed by atoms with Gasteiger partial charge in [0.25, 0.3) is 0 Å². The van der Waals surface area contributed by atoms with Crippen LogP contribution < -0.4 is 0 Å². The van der Waals surface area contributed by atoms with Gasteiger partial charge >= 0.3 is 0 Å². The summed E-state index contributed by atoms with van der Waals surface area (Å²) in [5.41, 5.74) is 2.90. The molecule has 0 unspecified atom stereocenters. The standard InChI is InChI=1S/C14H18/c1-12-8-4-2-7-11-14(12)13-9-5-3-6-10-13/h3,5-6,9-10,14H,1-2,4,7-8,11H2/t14-/m0/s1. The maximum atomic E-state index is 4.23. The second kappa shape index (κ2) is 4.45. The van der Waals surface area contributed by atoms with Crippen LogP contribution in [-0.2, 0) is 0 Å². The van der Waals surface area contributed by atoms with Gasteiger partial charge in [-0.2, -0.15) is 0 Å². The number of benzene rings is 1. The fourth-order valence-electron chi connectivity index (χ4n) is 2.34. The summed E-state index contributed by atoms with van der Waals surface area (Å²) in [6.45, 7) is 4.23. The summed E-state index contributed by atoms with van der Waals surface area (Å²) >= 11 is 0. The Morgan fingerprint density at radius 1 is 1.00 bits per heavy atom. The molecule has 1 aliphatic carbocycles. The maximum absolute atomic E-state index is 4.23. The van der Waals surface area contributed by atoms with Gasteiger partial charge in [0, 0.05) is 5.92 Å². The summed E-state index contributed by atoms with van der Waals surface area (Å²) in [6, 6.07) is 10.8. The molecule has 1 aromatic carbocycles. The van der Waals surface area contributed by atoms with E-state index in [4.69, 9.17) is 0 Å². The van der Waals surface area contributed by atoms with Crippen LogP contribution in [-0.4, -0.2) is 0 Å². The minimum absolute atomic E-state index is 0.624. The van der Waals surface area contributed by atoms with Crippen molar-refractivity contribution < 1.29 is 0 Å². The fraction of sp³-hybridized carbons (Fsp3) is 0.429. The molecule has 0 bridgehead atoms. The Morgan fingerprint density at radius 3 is 2.57 bits per heavy atom. The Kier molecular flexibility index (Phi) is 3.03. The molecular weight excluding hydrogens is 168 g/mol. The monoisotopic (exact) mass is 186 g/mol. The molecule has 74 valence electrons. The van der Waals surface area contributed by atoms with E-state index in [1.165, 1.54) is 43.2 Å². The van der Waals surface area contributed by atoms with Gasteiger partial charge in [0.1, 0.15) is 0 Å². The molecule has 1 saturated carbocycles. The highest BCUT2D eigenvalue weighted by Crippen LogP contribution is 2.34. The van der Waals surface area contributed by atoms with Crippen LogP contribution in [0.25, 0.3) is 0 Å². The third-order valence-electron chi connectivity index (χ3n) is 3.19. The van der Waals surface area contributed by atoms with Crippen molar-refractivity contribution in [3.8, 4) is 0 Å². The average Bonchev–Trinajstić information content (AvgIpc) is 2.44. The van der Waals surface area contributed by atoms with Crippen LogP contribution in [0.15, 0.2) is 42.5 Å². The first-order valence-corrected chi connectivity index (χ1v) is 5.60. The fourth-order valence-corrected chi connectivity index (χ4v) is 2.34. The third-order valence-corrected chi connectivity index (χ3v) is 3.19. The van der Waals surface area contributed by atoms with Gasteiger partial charge in [0.2, 0.25) is 0 Å². The first-order chi connectivity index (χ1) is 6.88. The van der Waals surface area contributed by atoms with Crippen LogP contribution in [0.2, 0.25) is 0 Å². The van der Waals surface area contributed by atoms with Crippen molar-refractivity contribution >= 4 is 0 Å². The zero-order valence-electron chi connectivity index (χ0n) is 8.71. The van der Waals surface area contributed by atoms with Gasteiger partial charge in [-0.1, -0.05) is 55.3 Å². The SMILES string of the molecule is C=C1CCCCC[C@@H]1c1ccccc1. The van der Waals surface area contributed by atoms with Crippen molar-refractivity contribution in [1.82, 2.24) is 0 Å². The molecule has 0 aliphatic heterocycles. The van der Waals surface area contributed by atoms with E-state index >= 15 is 0 Å². The Hall–Kier alpha value is -1.04. The number of hydrogen-bond acceptors (Lipinski definition) is 0. The molecular formula is C14H18. The van der Waals surface area contributed by atoms with Gasteiger partial charge in [0.15, 0.2) is 0 Å². The van der Waals surface area contributed by atoms with Crippen LogP contribution in [0.4, 0.5) is 0 Å². The lowest BCUT2D eigenvalue weighted by Crippen LogP contribution is -1.99. The highest BCUT2D eigenvalue weighted by Gasteiger charge is 2.16. The summed E-state index contributed by atoms with van der Waals surface area (Å²) in [4.78, 5) is 0. The third kappa shape index (κ3) is 2.06. The predicted molar refractivity (Wildman–Crippen MR) is 61.4 cm³/mol. The van der Waals surface area contributed by atoms with E-state index in [-0.39, 0.29) is 0 Å². The molecule has 1 fully saturated rings. The van der Waals surface area contributed by atoms with Gasteiger partial charge in [-0.05, 0) is 24.8 Å². The molecule has 2 rings (SSSR count). The molecule has 1 aliphatic rings. The van der Waals surface area contributed by atoms with Crippen LogP contribution in [0, 0.1) is 0 Å². The smallest absolute Gasteiger partial charge is 0.00454 e. The first-order valence-electron chi connectivity index (χ1n) is 5.60. The first kappa shape index (κ1) is 9.51. The summed E-state index contributed by atoms with van der Waals surface area (Å²) in [6.07, 6.45) is 6.59. The van der Waals surface area contributed by atoms with Gasteiger partial charge in [-0.25, -0.2) is 0 Å². The van der Waals surface area contributed by atoms with E-state index < -0.39 is 0 Å². The number of hydrogen-bond donors (Lipinski definition) is 0. The quantitative estimate of drug-likeness (QED) is 0.453. The Morgan fingerprint density at radius 2 is 1.79 bits per heavy atom. The zero-order valence-corrected chi connectivity index (χ0v) is 8.71. The molecule has 14 heavy (non-hydrogen) atoms. The molecule has 0 N–H and O–H groups in total. The van der Waals surface area contributed by atoms with E-state index in [0.29, 0.717) is 5.92 Å². The largest absolute Gasteiger partial charge is 0.0992 e. The maximum Gasteiger partial charge on any atom is 0.00454 e. The van der Waals surface area contributed by atoms with Crippen LogP contribution in [0.5, 0.6) is 0 Å². The summed E-state index contributed by atoms with van der Waals surface area (Å²) < 4.78 is 0. The molecule has 0 heterocycles. The predicted octanol–water partition coefficient (Wildman–Crippen LogP) is 4.29. The van der Waals surface area contributed by atoms with Crippen LogP contribution >= 0.6 is 0 Å². The Bertz CT molecular complexity index is 297. The van der Waals surface area contributed by atoms with Gasteiger partial charge in [0.05, 0.1) is 0 Å². The van der Waals surface area contributed by atoms with Crippen LogP contribution in [0.1, 0.15) is 43.6 Å². The van der Waals surface area contributed by atoms with Gasteiger partial charge in [-0.3, -0.25) is 0 Å². The van der Waals surface area contributed by atoms with E-state index in [2.05, 4.69) is 36.9 Å². The van der Waals surface area contributed by atoms with Crippen molar-refractivity contribution in [1.29, 1.82) is 0 Å². The highest BCUT2D eigenvalue weighted by atomic mass is 14.2. The topological polar surface area (TPSA) is 0 Å². The van der Waals surface area contributed by atoms with Gasteiger partial charge in [-0.15, -0.1) is 0 Å². The molecule has 0 spiro atoms. The summed E-state index contributed by atoms with van der Waals surface area (Å²) in [5, 5.41) is 0. The molecule has 1 atom stereocenters. The normalized spacial score (nSPS) is 23.1. The van der Waals surface area contributed by atoms with E-state index in [0.717, 1.165) is 0 Å². The minimum atomic E-state index is 0.624. The molecule has 0 saturated heterocycles. The van der Waals surface area contributed by atoms with E-state index in [1.54, 1.807) is 0 Å². The lowest BCUT2D eigenvalue weighted by molar-refractivity contribution is 0.662. The van der Waals surface area contributed by atoms with E-state index in [9.17, 15) is 0 Å². The van der Waals surface area contributed by atoms with E-state index in [1.807, 2.05) is 0 Å². The van der Waals surface area contributed by atoms with Crippen LogP contribution in [0.3, 0.4) is 0 Å². The molecule has 0 heteroatoms. The van der Waals surface area contributed by atoms with Crippen molar-refractivity contribution in [2.24, 2.45) is 0 Å². The van der Waals surface area contributed by atoms with Crippen molar-refractivity contribution in [3.05, 3.63) is 48.0 Å². The Labute approximate surface area is 86.7 Å². The molecule has 0 amide bonds. The summed E-state index contributed by atoms with van der Waals surface area (Å²) in [7, 11) is 0. The van der Waals surface area contributed by atoms with Crippen molar-refractivity contribution in [3.63, 3.8) is 0 Å². The number of allylic oxidation sites excluding steroid dienone is 1. The zero-order chi connectivity index (χ0) is 9.80. The Balaban J connectivity index is 2.19. The van der Waals surface area contributed by atoms with Crippen molar-refractivity contribution in [2.75, 3.05) is 0 Å².